The highest BCUT2D eigenvalue weighted by Gasteiger charge is 2.22. The van der Waals surface area contributed by atoms with Crippen molar-refractivity contribution in [2.75, 3.05) is 0 Å². The molecule has 0 saturated carbocycles. The van der Waals surface area contributed by atoms with Gasteiger partial charge in [0.15, 0.2) is 0 Å². The highest BCUT2D eigenvalue weighted by molar-refractivity contribution is 5.73. The van der Waals surface area contributed by atoms with Gasteiger partial charge in [-0.3, -0.25) is 9.59 Å². The van der Waals surface area contributed by atoms with Crippen LogP contribution in [0.1, 0.15) is 60.3 Å². The van der Waals surface area contributed by atoms with Gasteiger partial charge in [0.1, 0.15) is 0 Å². The van der Waals surface area contributed by atoms with Crippen molar-refractivity contribution in [3.63, 3.8) is 0 Å². The Hall–Kier alpha value is -1.79. The SMILES string of the molecule is CCC[C@@H](C)C[C@@H](CC(=O)O)NC(=O)O[C@@H](C)OC(=O)C(C)C. The number of alkyl carbamates (subject to hydrolysis) is 1. The third kappa shape index (κ3) is 10.5. The van der Waals surface area contributed by atoms with Crippen LogP contribution in [0.4, 0.5) is 4.79 Å². The van der Waals surface area contributed by atoms with Gasteiger partial charge in [0.25, 0.3) is 0 Å². The van der Waals surface area contributed by atoms with E-state index < -0.39 is 30.4 Å². The molecule has 0 heterocycles. The van der Waals surface area contributed by atoms with Crippen LogP contribution in [0, 0.1) is 11.8 Å². The lowest BCUT2D eigenvalue weighted by atomic mass is 9.95. The lowest BCUT2D eigenvalue weighted by Gasteiger charge is -2.22. The Morgan fingerprint density at radius 1 is 1.09 bits per heavy atom. The van der Waals surface area contributed by atoms with Crippen LogP contribution in [0.25, 0.3) is 0 Å². The highest BCUT2D eigenvalue weighted by Crippen LogP contribution is 2.15. The second-order valence-corrected chi connectivity index (χ2v) is 6.13. The number of ether oxygens (including phenoxy) is 2. The molecular weight excluding hydrogens is 302 g/mol. The minimum atomic E-state index is -1.02. The van der Waals surface area contributed by atoms with E-state index >= 15 is 0 Å². The van der Waals surface area contributed by atoms with Gasteiger partial charge in [-0.15, -0.1) is 0 Å². The molecule has 0 aromatic carbocycles. The van der Waals surface area contributed by atoms with E-state index in [1.54, 1.807) is 13.8 Å². The van der Waals surface area contributed by atoms with Crippen molar-refractivity contribution in [1.82, 2.24) is 5.32 Å². The predicted molar refractivity (Wildman–Crippen MR) is 84.7 cm³/mol. The van der Waals surface area contributed by atoms with E-state index in [4.69, 9.17) is 14.6 Å². The Labute approximate surface area is 137 Å². The first-order valence-corrected chi connectivity index (χ1v) is 8.05. The Morgan fingerprint density at radius 2 is 1.70 bits per heavy atom. The highest BCUT2D eigenvalue weighted by atomic mass is 16.7. The van der Waals surface area contributed by atoms with Crippen molar-refractivity contribution in [2.24, 2.45) is 11.8 Å². The van der Waals surface area contributed by atoms with E-state index in [0.717, 1.165) is 12.8 Å². The third-order valence-corrected chi connectivity index (χ3v) is 3.24. The summed E-state index contributed by atoms with van der Waals surface area (Å²) in [6.07, 6.45) is 0.508. The van der Waals surface area contributed by atoms with E-state index in [9.17, 15) is 14.4 Å². The van der Waals surface area contributed by atoms with Crippen molar-refractivity contribution >= 4 is 18.0 Å². The minimum absolute atomic E-state index is 0.177. The molecule has 0 spiro atoms. The molecule has 0 saturated heterocycles. The number of carbonyl (C=O) groups excluding carboxylic acids is 2. The quantitative estimate of drug-likeness (QED) is 0.471. The van der Waals surface area contributed by atoms with Crippen LogP contribution in [0.3, 0.4) is 0 Å². The number of aliphatic carboxylic acids is 1. The molecule has 1 amide bonds. The smallest absolute Gasteiger partial charge is 0.410 e. The lowest BCUT2D eigenvalue weighted by Crippen LogP contribution is -2.40. The number of rotatable bonds is 10. The first kappa shape index (κ1) is 21.2. The molecule has 0 radical (unpaired) electrons. The number of amides is 1. The van der Waals surface area contributed by atoms with Crippen molar-refractivity contribution < 1.29 is 29.0 Å². The normalized spacial score (nSPS) is 14.7. The maximum atomic E-state index is 11.8. The number of carbonyl (C=O) groups is 3. The Bertz CT molecular complexity index is 396. The maximum Gasteiger partial charge on any atom is 0.410 e. The number of nitrogens with one attached hydrogen (secondary N) is 1. The van der Waals surface area contributed by atoms with Crippen LogP contribution in [-0.2, 0) is 19.1 Å². The second kappa shape index (κ2) is 10.9. The number of hydrogen-bond donors (Lipinski definition) is 2. The topological polar surface area (TPSA) is 102 Å². The molecular formula is C16H29NO6. The molecule has 0 aromatic heterocycles. The van der Waals surface area contributed by atoms with E-state index in [1.807, 2.05) is 6.92 Å². The molecule has 2 N–H and O–H groups in total. The molecule has 23 heavy (non-hydrogen) atoms. The predicted octanol–water partition coefficient (Wildman–Crippen LogP) is 2.93. The summed E-state index contributed by atoms with van der Waals surface area (Å²) in [5.74, 6) is -1.48. The van der Waals surface area contributed by atoms with Crippen LogP contribution < -0.4 is 5.32 Å². The standard InChI is InChI=1S/C16H29NO6/c1-6-7-11(4)8-13(9-14(18)19)17-16(21)23-12(5)22-15(20)10(2)3/h10-13H,6-9H2,1-5H3,(H,17,21)(H,18,19)/t11-,12+,13+/m1/s1. The van der Waals surface area contributed by atoms with Gasteiger partial charge in [-0.25, -0.2) is 4.79 Å². The molecule has 3 atom stereocenters. The summed E-state index contributed by atoms with van der Waals surface area (Å²) >= 11 is 0. The largest absolute Gasteiger partial charge is 0.481 e. The number of esters is 1. The minimum Gasteiger partial charge on any atom is -0.481 e. The van der Waals surface area contributed by atoms with Gasteiger partial charge in [-0.1, -0.05) is 40.5 Å². The zero-order valence-corrected chi connectivity index (χ0v) is 14.6. The number of hydrogen-bond acceptors (Lipinski definition) is 5. The molecule has 7 heteroatoms. The summed E-state index contributed by atoms with van der Waals surface area (Å²) in [6.45, 7) is 8.85. The molecule has 0 unspecified atom stereocenters. The van der Waals surface area contributed by atoms with Gasteiger partial charge in [-0.05, 0) is 12.3 Å². The zero-order valence-electron chi connectivity index (χ0n) is 14.6. The van der Waals surface area contributed by atoms with E-state index in [1.165, 1.54) is 6.92 Å². The van der Waals surface area contributed by atoms with Gasteiger partial charge >= 0.3 is 18.0 Å². The first-order valence-electron chi connectivity index (χ1n) is 8.05. The molecule has 0 fully saturated rings. The van der Waals surface area contributed by atoms with Crippen molar-refractivity contribution in [1.29, 1.82) is 0 Å². The summed E-state index contributed by atoms with van der Waals surface area (Å²) in [4.78, 5) is 34.1. The van der Waals surface area contributed by atoms with Crippen LogP contribution in [0.5, 0.6) is 0 Å². The van der Waals surface area contributed by atoms with Crippen LogP contribution in [0.15, 0.2) is 0 Å². The Kier molecular flexibility index (Phi) is 10.0. The fourth-order valence-corrected chi connectivity index (χ4v) is 2.18. The fourth-order valence-electron chi connectivity index (χ4n) is 2.18. The molecule has 0 rings (SSSR count). The average Bonchev–Trinajstić information content (AvgIpc) is 2.36. The zero-order chi connectivity index (χ0) is 18.0. The first-order chi connectivity index (χ1) is 10.6. The molecule has 0 aliphatic heterocycles. The molecule has 7 nitrogen and oxygen atoms in total. The molecule has 0 aromatic rings. The molecule has 0 bridgehead atoms. The van der Waals surface area contributed by atoms with Crippen molar-refractivity contribution in [3.8, 4) is 0 Å². The van der Waals surface area contributed by atoms with Crippen molar-refractivity contribution in [2.45, 2.75) is 72.6 Å². The summed E-state index contributed by atoms with van der Waals surface area (Å²) in [5.41, 5.74) is 0. The molecule has 0 aliphatic rings. The summed E-state index contributed by atoms with van der Waals surface area (Å²) in [7, 11) is 0. The monoisotopic (exact) mass is 331 g/mol. The lowest BCUT2D eigenvalue weighted by molar-refractivity contribution is -0.168. The second-order valence-electron chi connectivity index (χ2n) is 6.13. The summed E-state index contributed by atoms with van der Waals surface area (Å²) in [5, 5.41) is 11.5. The van der Waals surface area contributed by atoms with Gasteiger partial charge in [0, 0.05) is 13.0 Å². The van der Waals surface area contributed by atoms with Gasteiger partial charge in [-0.2, -0.15) is 0 Å². The Balaban J connectivity index is 4.46. The van der Waals surface area contributed by atoms with Gasteiger partial charge in [0.05, 0.1) is 12.3 Å². The molecule has 134 valence electrons. The van der Waals surface area contributed by atoms with Gasteiger partial charge < -0.3 is 19.9 Å². The van der Waals surface area contributed by atoms with E-state index in [-0.39, 0.29) is 12.3 Å². The summed E-state index contributed by atoms with van der Waals surface area (Å²) in [6, 6.07) is -0.519. The average molecular weight is 331 g/mol. The maximum absolute atomic E-state index is 11.8. The summed E-state index contributed by atoms with van der Waals surface area (Å²) < 4.78 is 9.87. The molecule has 0 aliphatic carbocycles. The van der Waals surface area contributed by atoms with E-state index in [2.05, 4.69) is 12.2 Å². The van der Waals surface area contributed by atoms with E-state index in [0.29, 0.717) is 12.3 Å². The number of carboxylic acids is 1. The number of carboxylic acid groups (broad SMARTS) is 1. The third-order valence-electron chi connectivity index (χ3n) is 3.24. The van der Waals surface area contributed by atoms with Gasteiger partial charge in [0.2, 0.25) is 6.29 Å². The fraction of sp³-hybridized carbons (Fsp3) is 0.812. The van der Waals surface area contributed by atoms with Crippen molar-refractivity contribution in [3.05, 3.63) is 0 Å². The Morgan fingerprint density at radius 3 is 2.17 bits per heavy atom. The van der Waals surface area contributed by atoms with Crippen LogP contribution >= 0.6 is 0 Å². The van der Waals surface area contributed by atoms with Crippen LogP contribution in [-0.4, -0.2) is 35.5 Å². The van der Waals surface area contributed by atoms with Crippen LogP contribution in [0.2, 0.25) is 0 Å².